The molecule has 4 nitrogen and oxygen atoms in total. The highest BCUT2D eigenvalue weighted by atomic mass is 35.5. The van der Waals surface area contributed by atoms with Crippen LogP contribution in [0.1, 0.15) is 11.1 Å². The molecule has 4 rings (SSSR count). The smallest absolute Gasteiger partial charge is 0.248 e. The zero-order chi connectivity index (χ0) is 18.7. The van der Waals surface area contributed by atoms with Crippen molar-refractivity contribution in [3.63, 3.8) is 0 Å². The normalized spacial score (nSPS) is 17.4. The largest absolute Gasteiger partial charge is 0.468 e. The molecule has 140 valence electrons. The number of aliphatic imine (C=N–C) groups is 2. The van der Waals surface area contributed by atoms with Crippen molar-refractivity contribution in [1.29, 1.82) is 0 Å². The fourth-order valence-electron chi connectivity index (χ4n) is 2.61. The summed E-state index contributed by atoms with van der Waals surface area (Å²) in [5.74, 6) is 1.40. The first-order valence-electron chi connectivity index (χ1n) is 8.31. The second kappa shape index (κ2) is 8.35. The number of nitrogens with zero attached hydrogens (tertiary/aromatic N) is 2. The Morgan fingerprint density at radius 1 is 0.778 bits per heavy atom. The van der Waals surface area contributed by atoms with E-state index in [0.717, 1.165) is 21.2 Å². The molecule has 0 unspecified atom stereocenters. The summed E-state index contributed by atoms with van der Waals surface area (Å²) in [5, 5.41) is 2.75. The lowest BCUT2D eigenvalue weighted by atomic mass is 10.2. The predicted octanol–water partition coefficient (Wildman–Crippen LogP) is 5.63. The first kappa shape index (κ1) is 19.0. The van der Waals surface area contributed by atoms with Crippen LogP contribution in [-0.4, -0.2) is 29.3 Å². The lowest BCUT2D eigenvalue weighted by Gasteiger charge is -2.08. The molecular weight excluding hydrogens is 423 g/mol. The third-order valence-corrected chi connectivity index (χ3v) is 6.63. The van der Waals surface area contributed by atoms with Crippen LogP contribution < -0.4 is 0 Å². The molecule has 2 aliphatic rings. The summed E-state index contributed by atoms with van der Waals surface area (Å²) < 4.78 is 11.5. The van der Waals surface area contributed by atoms with E-state index in [2.05, 4.69) is 9.98 Å². The molecule has 0 fully saturated rings. The van der Waals surface area contributed by atoms with Crippen molar-refractivity contribution in [1.82, 2.24) is 0 Å². The van der Waals surface area contributed by atoms with Crippen LogP contribution in [0.5, 0.6) is 0 Å². The zero-order valence-electron chi connectivity index (χ0n) is 14.2. The second-order valence-corrected chi connectivity index (χ2v) is 8.74. The van der Waals surface area contributed by atoms with E-state index in [4.69, 9.17) is 32.7 Å². The minimum absolute atomic E-state index is 0.397. The molecule has 0 aliphatic carbocycles. The predicted molar refractivity (Wildman–Crippen MR) is 115 cm³/mol. The van der Waals surface area contributed by atoms with Crippen LogP contribution in [0.25, 0.3) is 0 Å². The lowest BCUT2D eigenvalue weighted by molar-refractivity contribution is 0.207. The summed E-state index contributed by atoms with van der Waals surface area (Å²) in [6, 6.07) is 15.5. The van der Waals surface area contributed by atoms with Crippen molar-refractivity contribution in [2.75, 3.05) is 13.2 Å². The molecule has 27 heavy (non-hydrogen) atoms. The van der Waals surface area contributed by atoms with Crippen LogP contribution in [-0.2, 0) is 21.0 Å². The molecule has 2 heterocycles. The molecule has 0 N–H and O–H groups in total. The minimum Gasteiger partial charge on any atom is -0.468 e. The van der Waals surface area contributed by atoms with Crippen LogP contribution >= 0.6 is 46.7 Å². The molecule has 0 atom stereocenters. The molecule has 2 aliphatic heterocycles. The number of hydrogen-bond donors (Lipinski definition) is 0. The summed E-state index contributed by atoms with van der Waals surface area (Å²) >= 11 is 15.4. The Labute approximate surface area is 176 Å². The summed E-state index contributed by atoms with van der Waals surface area (Å²) in [5.41, 5.74) is 1.45. The second-order valence-electron chi connectivity index (χ2n) is 6.08. The van der Waals surface area contributed by atoms with Gasteiger partial charge in [-0.1, -0.05) is 83.1 Å². The Morgan fingerprint density at radius 3 is 1.67 bits per heavy atom. The highest BCUT2D eigenvalue weighted by Gasteiger charge is 2.42. The summed E-state index contributed by atoms with van der Waals surface area (Å²) in [4.78, 5) is 9.30. The Balaban J connectivity index is 1.36. The van der Waals surface area contributed by atoms with E-state index in [1.54, 1.807) is 0 Å². The minimum atomic E-state index is -0.661. The van der Waals surface area contributed by atoms with Gasteiger partial charge in [-0.15, -0.1) is 0 Å². The molecule has 0 saturated carbocycles. The maximum atomic E-state index is 6.20. The molecular formula is C19H16Cl2N2O2S2. The van der Waals surface area contributed by atoms with Gasteiger partial charge in [-0.2, -0.15) is 0 Å². The van der Waals surface area contributed by atoms with Crippen molar-refractivity contribution in [2.45, 2.75) is 17.2 Å². The topological polar surface area (TPSA) is 43.2 Å². The first-order valence-corrected chi connectivity index (χ1v) is 11.0. The molecule has 2 aromatic rings. The van der Waals surface area contributed by atoms with E-state index in [1.165, 1.54) is 23.5 Å². The van der Waals surface area contributed by atoms with Gasteiger partial charge in [-0.3, -0.25) is 0 Å². The van der Waals surface area contributed by atoms with Gasteiger partial charge in [0.2, 0.25) is 16.1 Å². The molecule has 0 amide bonds. The van der Waals surface area contributed by atoms with Crippen LogP contribution in [0.2, 0.25) is 10.0 Å². The van der Waals surface area contributed by atoms with Gasteiger partial charge in [-0.05, 0) is 23.3 Å². The van der Waals surface area contributed by atoms with Gasteiger partial charge in [0, 0.05) is 21.6 Å². The Hall–Kier alpha value is -1.34. The third-order valence-electron chi connectivity index (χ3n) is 4.07. The molecule has 8 heteroatoms. The van der Waals surface area contributed by atoms with Crippen LogP contribution in [0.4, 0.5) is 0 Å². The average molecular weight is 439 g/mol. The maximum absolute atomic E-state index is 6.20. The van der Waals surface area contributed by atoms with E-state index in [9.17, 15) is 0 Å². The van der Waals surface area contributed by atoms with Gasteiger partial charge in [0.25, 0.3) is 0 Å². The van der Waals surface area contributed by atoms with Crippen molar-refractivity contribution in [3.8, 4) is 0 Å². The van der Waals surface area contributed by atoms with Crippen molar-refractivity contribution in [3.05, 3.63) is 69.7 Å². The molecule has 1 spiro atoms. The van der Waals surface area contributed by atoms with Crippen molar-refractivity contribution in [2.24, 2.45) is 9.98 Å². The molecule has 2 aromatic carbocycles. The van der Waals surface area contributed by atoms with E-state index in [0.29, 0.717) is 35.2 Å². The number of benzene rings is 2. The van der Waals surface area contributed by atoms with Gasteiger partial charge < -0.3 is 9.47 Å². The van der Waals surface area contributed by atoms with Crippen LogP contribution in [0, 0.1) is 0 Å². The van der Waals surface area contributed by atoms with E-state index in [1.807, 2.05) is 48.5 Å². The molecule has 0 aromatic heterocycles. The van der Waals surface area contributed by atoms with Gasteiger partial charge >= 0.3 is 0 Å². The van der Waals surface area contributed by atoms with Crippen molar-refractivity contribution < 1.29 is 9.47 Å². The van der Waals surface area contributed by atoms with Crippen LogP contribution in [0.3, 0.4) is 0 Å². The van der Waals surface area contributed by atoms with Crippen LogP contribution in [0.15, 0.2) is 58.5 Å². The number of thioether (sulfide) groups is 2. The number of hydrogen-bond acceptors (Lipinski definition) is 6. The van der Waals surface area contributed by atoms with Gasteiger partial charge in [0.15, 0.2) is 0 Å². The fraction of sp³-hybridized carbons (Fsp3) is 0.263. The average Bonchev–Trinajstić information content (AvgIpc) is 3.27. The monoisotopic (exact) mass is 438 g/mol. The molecule has 0 saturated heterocycles. The van der Waals surface area contributed by atoms with E-state index in [-0.39, 0.29) is 0 Å². The fourth-order valence-corrected chi connectivity index (χ4v) is 4.99. The molecule has 0 bridgehead atoms. The van der Waals surface area contributed by atoms with Crippen molar-refractivity contribution >= 4 is 57.2 Å². The summed E-state index contributed by atoms with van der Waals surface area (Å²) in [6.07, 6.45) is 0. The third kappa shape index (κ3) is 4.57. The highest BCUT2D eigenvalue weighted by Crippen LogP contribution is 2.34. The van der Waals surface area contributed by atoms with E-state index < -0.39 is 5.66 Å². The number of halogens is 2. The number of ether oxygens (including phenoxy) is 2. The van der Waals surface area contributed by atoms with E-state index >= 15 is 0 Å². The van der Waals surface area contributed by atoms with Gasteiger partial charge in [0.05, 0.1) is 0 Å². The Morgan fingerprint density at radius 2 is 1.22 bits per heavy atom. The highest BCUT2D eigenvalue weighted by molar-refractivity contribution is 8.13. The van der Waals surface area contributed by atoms with Gasteiger partial charge in [0.1, 0.15) is 13.2 Å². The Kier molecular flexibility index (Phi) is 5.88. The maximum Gasteiger partial charge on any atom is 0.248 e. The standard InChI is InChI=1S/C19H16Cl2N2O2S2/c20-15-7-3-1-5-13(15)9-26-17-22-19(11-24-17)12-25-18(23-19)27-10-14-6-2-4-8-16(14)21/h1-8H,9-12H2. The summed E-state index contributed by atoms with van der Waals surface area (Å²) in [6.45, 7) is 0.794. The first-order chi connectivity index (χ1) is 13.1. The lowest BCUT2D eigenvalue weighted by Crippen LogP contribution is -2.26. The Bertz CT molecular complexity index is 831. The molecule has 0 radical (unpaired) electrons. The SMILES string of the molecule is Clc1ccccc1CSC1=NC2(CO1)COC(SCc1ccccc1Cl)=N2. The van der Waals surface area contributed by atoms with Gasteiger partial charge in [-0.25, -0.2) is 9.98 Å². The summed E-state index contributed by atoms with van der Waals surface area (Å²) in [7, 11) is 0. The number of rotatable bonds is 4. The zero-order valence-corrected chi connectivity index (χ0v) is 17.4. The quantitative estimate of drug-likeness (QED) is 0.620.